The van der Waals surface area contributed by atoms with E-state index < -0.39 is 5.97 Å². The minimum atomic E-state index is -1.13. The normalized spacial score (nSPS) is 10.1. The monoisotopic (exact) mass is 281 g/mol. The van der Waals surface area contributed by atoms with E-state index in [0.717, 1.165) is 0 Å². The summed E-state index contributed by atoms with van der Waals surface area (Å²) in [7, 11) is 0. The van der Waals surface area contributed by atoms with Crippen LogP contribution in [0.15, 0.2) is 35.7 Å². The Morgan fingerprint density at radius 1 is 1.28 bits per heavy atom. The maximum Gasteiger partial charge on any atom is 0.337 e. The lowest BCUT2D eigenvalue weighted by Gasteiger charge is -2.05. The molecule has 6 heteroatoms. The van der Waals surface area contributed by atoms with Crippen LogP contribution in [-0.2, 0) is 0 Å². The van der Waals surface area contributed by atoms with Crippen LogP contribution in [0.1, 0.15) is 20.0 Å². The van der Waals surface area contributed by atoms with Crippen molar-refractivity contribution in [3.05, 3.63) is 51.2 Å². The van der Waals surface area contributed by atoms with Crippen LogP contribution in [0.2, 0.25) is 5.02 Å². The zero-order valence-electron chi connectivity index (χ0n) is 9.01. The number of halogens is 1. The summed E-state index contributed by atoms with van der Waals surface area (Å²) in [4.78, 5) is 23.2. The van der Waals surface area contributed by atoms with Crippen molar-refractivity contribution in [1.82, 2.24) is 0 Å². The second kappa shape index (κ2) is 5.20. The van der Waals surface area contributed by atoms with Gasteiger partial charge in [0.05, 0.1) is 15.5 Å². The number of carboxylic acid groups (broad SMARTS) is 1. The van der Waals surface area contributed by atoms with Crippen molar-refractivity contribution in [1.29, 1.82) is 0 Å². The number of amides is 1. The topological polar surface area (TPSA) is 66.4 Å². The van der Waals surface area contributed by atoms with E-state index in [9.17, 15) is 9.59 Å². The van der Waals surface area contributed by atoms with Gasteiger partial charge in [0.25, 0.3) is 5.91 Å². The Hall–Kier alpha value is -1.85. The van der Waals surface area contributed by atoms with Crippen molar-refractivity contribution in [2.24, 2.45) is 0 Å². The fourth-order valence-electron chi connectivity index (χ4n) is 1.37. The molecule has 0 aliphatic heterocycles. The van der Waals surface area contributed by atoms with E-state index in [1.54, 1.807) is 23.6 Å². The second-order valence-electron chi connectivity index (χ2n) is 3.43. The Kier molecular flexibility index (Phi) is 3.64. The smallest absolute Gasteiger partial charge is 0.337 e. The zero-order valence-corrected chi connectivity index (χ0v) is 10.6. The predicted octanol–water partition coefficient (Wildman–Crippen LogP) is 3.35. The van der Waals surface area contributed by atoms with E-state index in [4.69, 9.17) is 16.7 Å². The molecule has 0 aliphatic carbocycles. The van der Waals surface area contributed by atoms with Gasteiger partial charge in [0.15, 0.2) is 0 Å². The number of carboxylic acids is 1. The van der Waals surface area contributed by atoms with Crippen molar-refractivity contribution in [3.8, 4) is 0 Å². The number of rotatable bonds is 3. The van der Waals surface area contributed by atoms with Crippen LogP contribution < -0.4 is 5.32 Å². The molecule has 4 nitrogen and oxygen atoms in total. The molecule has 1 aromatic heterocycles. The second-order valence-corrected chi connectivity index (χ2v) is 4.79. The highest BCUT2D eigenvalue weighted by Gasteiger charge is 2.12. The summed E-state index contributed by atoms with van der Waals surface area (Å²) in [5.74, 6) is -1.41. The number of aromatic carboxylic acids is 1. The van der Waals surface area contributed by atoms with Crippen LogP contribution in [0.5, 0.6) is 0 Å². The molecule has 1 heterocycles. The summed E-state index contributed by atoms with van der Waals surface area (Å²) in [5, 5.41) is 13.5. The van der Waals surface area contributed by atoms with Crippen LogP contribution in [0.3, 0.4) is 0 Å². The Morgan fingerprint density at radius 2 is 2.06 bits per heavy atom. The molecular formula is C12H8ClNO3S. The van der Waals surface area contributed by atoms with E-state index in [-0.39, 0.29) is 16.5 Å². The first-order chi connectivity index (χ1) is 8.58. The van der Waals surface area contributed by atoms with Crippen molar-refractivity contribution < 1.29 is 14.7 Å². The summed E-state index contributed by atoms with van der Waals surface area (Å²) >= 11 is 7.05. The first-order valence-corrected chi connectivity index (χ1v) is 6.21. The Bertz CT molecular complexity index is 595. The molecule has 0 saturated carbocycles. The van der Waals surface area contributed by atoms with E-state index in [1.165, 1.54) is 23.5 Å². The molecule has 0 fully saturated rings. The van der Waals surface area contributed by atoms with Gasteiger partial charge in [-0.1, -0.05) is 17.7 Å². The largest absolute Gasteiger partial charge is 0.478 e. The molecule has 0 aliphatic rings. The van der Waals surface area contributed by atoms with Crippen LogP contribution in [0.25, 0.3) is 0 Å². The van der Waals surface area contributed by atoms with Gasteiger partial charge in [-0.15, -0.1) is 11.3 Å². The molecule has 0 unspecified atom stereocenters. The first-order valence-electron chi connectivity index (χ1n) is 4.95. The Labute approximate surface area is 112 Å². The van der Waals surface area contributed by atoms with E-state index >= 15 is 0 Å². The van der Waals surface area contributed by atoms with Crippen molar-refractivity contribution in [2.45, 2.75) is 0 Å². The molecule has 0 bridgehead atoms. The molecular weight excluding hydrogens is 274 g/mol. The highest BCUT2D eigenvalue weighted by Crippen LogP contribution is 2.21. The summed E-state index contributed by atoms with van der Waals surface area (Å²) in [6, 6.07) is 7.78. The van der Waals surface area contributed by atoms with Gasteiger partial charge in [-0.05, 0) is 29.6 Å². The van der Waals surface area contributed by atoms with Crippen LogP contribution in [0.4, 0.5) is 5.69 Å². The Morgan fingerprint density at radius 3 is 2.67 bits per heavy atom. The fraction of sp³-hybridized carbons (Fsp3) is 0. The van der Waals surface area contributed by atoms with Gasteiger partial charge in [-0.25, -0.2) is 4.79 Å². The molecule has 92 valence electrons. The highest BCUT2D eigenvalue weighted by atomic mass is 35.5. The zero-order chi connectivity index (χ0) is 13.1. The lowest BCUT2D eigenvalue weighted by Crippen LogP contribution is -2.10. The summed E-state index contributed by atoms with van der Waals surface area (Å²) < 4.78 is 0. The maximum atomic E-state index is 11.8. The third kappa shape index (κ3) is 2.69. The first kappa shape index (κ1) is 12.6. The standard InChI is InChI=1S/C12H8ClNO3S/c13-9-4-3-7(6-8(9)12(16)17)14-11(15)10-2-1-5-18-10/h1-6H,(H,14,15)(H,16,17). The van der Waals surface area contributed by atoms with Crippen molar-refractivity contribution >= 4 is 40.5 Å². The molecule has 1 amide bonds. The number of hydrogen-bond donors (Lipinski definition) is 2. The summed E-state index contributed by atoms with van der Waals surface area (Å²) in [6.07, 6.45) is 0. The van der Waals surface area contributed by atoms with Crippen molar-refractivity contribution in [2.75, 3.05) is 5.32 Å². The van der Waals surface area contributed by atoms with Gasteiger partial charge in [0.1, 0.15) is 0 Å². The van der Waals surface area contributed by atoms with E-state index in [1.807, 2.05) is 0 Å². The third-order valence-electron chi connectivity index (χ3n) is 2.20. The van der Waals surface area contributed by atoms with Gasteiger partial charge >= 0.3 is 5.97 Å². The Balaban J connectivity index is 2.22. The molecule has 2 N–H and O–H groups in total. The van der Waals surface area contributed by atoms with Gasteiger partial charge < -0.3 is 10.4 Å². The van der Waals surface area contributed by atoms with E-state index in [0.29, 0.717) is 10.6 Å². The average molecular weight is 282 g/mol. The molecule has 0 atom stereocenters. The summed E-state index contributed by atoms with van der Waals surface area (Å²) in [6.45, 7) is 0. The fourth-order valence-corrected chi connectivity index (χ4v) is 2.18. The number of carbonyl (C=O) groups is 2. The number of anilines is 1. The molecule has 18 heavy (non-hydrogen) atoms. The number of nitrogens with one attached hydrogen (secondary N) is 1. The minimum Gasteiger partial charge on any atom is -0.478 e. The summed E-state index contributed by atoms with van der Waals surface area (Å²) in [5.41, 5.74) is 0.357. The lowest BCUT2D eigenvalue weighted by atomic mass is 10.2. The third-order valence-corrected chi connectivity index (χ3v) is 3.40. The van der Waals surface area contributed by atoms with Crippen LogP contribution >= 0.6 is 22.9 Å². The highest BCUT2D eigenvalue weighted by molar-refractivity contribution is 7.12. The maximum absolute atomic E-state index is 11.8. The molecule has 2 aromatic rings. The van der Waals surface area contributed by atoms with E-state index in [2.05, 4.69) is 5.32 Å². The number of benzene rings is 1. The molecule has 2 rings (SSSR count). The number of thiophene rings is 1. The van der Waals surface area contributed by atoms with Gasteiger partial charge in [-0.3, -0.25) is 4.79 Å². The minimum absolute atomic E-state index is 0.0411. The quantitative estimate of drug-likeness (QED) is 0.906. The van der Waals surface area contributed by atoms with Crippen molar-refractivity contribution in [3.63, 3.8) is 0 Å². The lowest BCUT2D eigenvalue weighted by molar-refractivity contribution is 0.0696. The average Bonchev–Trinajstić information content (AvgIpc) is 2.85. The van der Waals surface area contributed by atoms with Crippen LogP contribution in [-0.4, -0.2) is 17.0 Å². The van der Waals surface area contributed by atoms with Crippen LogP contribution in [0, 0.1) is 0 Å². The van der Waals surface area contributed by atoms with Gasteiger partial charge in [0, 0.05) is 5.69 Å². The van der Waals surface area contributed by atoms with Gasteiger partial charge in [-0.2, -0.15) is 0 Å². The SMILES string of the molecule is O=C(Nc1ccc(Cl)c(C(=O)O)c1)c1cccs1. The number of hydrogen-bond acceptors (Lipinski definition) is 3. The molecule has 1 aromatic carbocycles. The molecule has 0 radical (unpaired) electrons. The van der Waals surface area contributed by atoms with Gasteiger partial charge in [0.2, 0.25) is 0 Å². The predicted molar refractivity (Wildman–Crippen MR) is 70.7 cm³/mol. The molecule has 0 saturated heterocycles. The molecule has 0 spiro atoms. The number of carbonyl (C=O) groups excluding carboxylic acids is 1.